The second kappa shape index (κ2) is 4.01. The van der Waals surface area contributed by atoms with Gasteiger partial charge < -0.3 is 5.73 Å². The lowest BCUT2D eigenvalue weighted by atomic mass is 9.99. The molecule has 0 atom stereocenters. The van der Waals surface area contributed by atoms with Gasteiger partial charge in [-0.1, -0.05) is 57.5 Å². The zero-order valence-electron chi connectivity index (χ0n) is 12.3. The standard InChI is InChI=1S/C16H20ClN3/c1-15(2)13(16(15,3)4)12-11(14(18)20-19-12)9-7-5-6-8-10(9)17/h5-8,13H,1-4H3,(H3,18,19,20). The number of hydrogen-bond acceptors (Lipinski definition) is 2. The summed E-state index contributed by atoms with van der Waals surface area (Å²) in [4.78, 5) is 0. The quantitative estimate of drug-likeness (QED) is 0.857. The number of anilines is 1. The fourth-order valence-corrected chi connectivity index (χ4v) is 3.67. The Morgan fingerprint density at radius 2 is 1.75 bits per heavy atom. The summed E-state index contributed by atoms with van der Waals surface area (Å²) in [7, 11) is 0. The third-order valence-corrected chi connectivity index (χ3v) is 5.60. The molecule has 3 rings (SSSR count). The van der Waals surface area contributed by atoms with Crippen LogP contribution < -0.4 is 5.73 Å². The highest BCUT2D eigenvalue weighted by Crippen LogP contribution is 2.74. The van der Waals surface area contributed by atoms with Crippen molar-refractivity contribution in [2.24, 2.45) is 10.8 Å². The number of hydrogen-bond donors (Lipinski definition) is 2. The van der Waals surface area contributed by atoms with E-state index in [-0.39, 0.29) is 10.8 Å². The molecule has 1 saturated carbocycles. The molecule has 1 fully saturated rings. The van der Waals surface area contributed by atoms with Crippen LogP contribution in [0.5, 0.6) is 0 Å². The molecule has 1 aromatic carbocycles. The zero-order valence-corrected chi connectivity index (χ0v) is 13.0. The number of nitrogen functional groups attached to an aromatic ring is 1. The third kappa shape index (κ3) is 1.62. The minimum absolute atomic E-state index is 0.224. The van der Waals surface area contributed by atoms with Gasteiger partial charge in [0.25, 0.3) is 0 Å². The number of nitrogens with one attached hydrogen (secondary N) is 1. The smallest absolute Gasteiger partial charge is 0.153 e. The van der Waals surface area contributed by atoms with Gasteiger partial charge in [-0.15, -0.1) is 0 Å². The van der Waals surface area contributed by atoms with Crippen molar-refractivity contribution in [1.29, 1.82) is 0 Å². The van der Waals surface area contributed by atoms with Crippen LogP contribution in [0.3, 0.4) is 0 Å². The number of nitrogens with two attached hydrogens (primary N) is 1. The number of aromatic amines is 1. The molecule has 3 N–H and O–H groups in total. The van der Waals surface area contributed by atoms with E-state index in [9.17, 15) is 0 Å². The van der Waals surface area contributed by atoms with Gasteiger partial charge in [-0.3, -0.25) is 5.10 Å². The first-order valence-corrected chi connectivity index (χ1v) is 7.25. The van der Waals surface area contributed by atoms with E-state index < -0.39 is 0 Å². The van der Waals surface area contributed by atoms with Gasteiger partial charge in [-0.25, -0.2) is 0 Å². The summed E-state index contributed by atoms with van der Waals surface area (Å²) in [6.45, 7) is 9.13. The number of H-pyrrole nitrogens is 1. The summed E-state index contributed by atoms with van der Waals surface area (Å²) < 4.78 is 0. The van der Waals surface area contributed by atoms with E-state index >= 15 is 0 Å². The number of halogens is 1. The predicted molar refractivity (Wildman–Crippen MR) is 83.7 cm³/mol. The molecule has 0 bridgehead atoms. The summed E-state index contributed by atoms with van der Waals surface area (Å²) >= 11 is 6.33. The molecule has 4 heteroatoms. The average molecular weight is 290 g/mol. The van der Waals surface area contributed by atoms with Crippen molar-refractivity contribution in [3.8, 4) is 11.1 Å². The van der Waals surface area contributed by atoms with Crippen LogP contribution in [0.15, 0.2) is 24.3 Å². The molecule has 0 spiro atoms. The van der Waals surface area contributed by atoms with Crippen molar-refractivity contribution in [2.45, 2.75) is 33.6 Å². The van der Waals surface area contributed by atoms with E-state index in [0.29, 0.717) is 16.8 Å². The molecule has 1 aromatic heterocycles. The first-order valence-electron chi connectivity index (χ1n) is 6.87. The van der Waals surface area contributed by atoms with Crippen LogP contribution in [0.4, 0.5) is 5.82 Å². The van der Waals surface area contributed by atoms with E-state index in [1.54, 1.807) is 0 Å². The fraction of sp³-hybridized carbons (Fsp3) is 0.438. The van der Waals surface area contributed by atoms with Crippen LogP contribution in [0.1, 0.15) is 39.3 Å². The Hall–Kier alpha value is -1.48. The van der Waals surface area contributed by atoms with Crippen LogP contribution in [-0.2, 0) is 0 Å². The summed E-state index contributed by atoms with van der Waals surface area (Å²) in [6, 6.07) is 7.78. The van der Waals surface area contributed by atoms with E-state index in [4.69, 9.17) is 17.3 Å². The zero-order chi connectivity index (χ0) is 14.7. The van der Waals surface area contributed by atoms with Crippen LogP contribution in [0, 0.1) is 10.8 Å². The molecule has 3 nitrogen and oxygen atoms in total. The SMILES string of the molecule is CC1(C)C(c2[nH]nc(N)c2-c2ccccc2Cl)C1(C)C. The maximum atomic E-state index is 6.33. The lowest BCUT2D eigenvalue weighted by Crippen LogP contribution is -1.95. The second-order valence-electron chi connectivity index (χ2n) is 6.75. The normalized spacial score (nSPS) is 20.1. The predicted octanol–water partition coefficient (Wildman–Crippen LogP) is 4.46. The maximum absolute atomic E-state index is 6.33. The molecule has 0 unspecified atom stereocenters. The number of nitrogens with zero attached hydrogens (tertiary/aromatic N) is 1. The van der Waals surface area contributed by atoms with Gasteiger partial charge in [0, 0.05) is 27.8 Å². The second-order valence-corrected chi connectivity index (χ2v) is 7.16. The van der Waals surface area contributed by atoms with Gasteiger partial charge in [-0.05, 0) is 16.9 Å². The molecule has 2 aromatic rings. The van der Waals surface area contributed by atoms with Gasteiger partial charge in [0.1, 0.15) is 0 Å². The molecule has 1 heterocycles. The van der Waals surface area contributed by atoms with Crippen LogP contribution in [0.25, 0.3) is 11.1 Å². The van der Waals surface area contributed by atoms with Gasteiger partial charge in [0.15, 0.2) is 5.82 Å². The Bertz CT molecular complexity index is 656. The minimum atomic E-state index is 0.224. The number of benzene rings is 1. The lowest BCUT2D eigenvalue weighted by Gasteiger charge is -2.07. The van der Waals surface area contributed by atoms with E-state index in [1.165, 1.54) is 0 Å². The number of aromatic nitrogens is 2. The molecule has 0 saturated heterocycles. The Kier molecular flexibility index (Phi) is 2.71. The molecule has 20 heavy (non-hydrogen) atoms. The first kappa shape index (κ1) is 13.5. The Morgan fingerprint density at radius 1 is 1.15 bits per heavy atom. The van der Waals surface area contributed by atoms with Crippen molar-refractivity contribution in [2.75, 3.05) is 5.73 Å². The lowest BCUT2D eigenvalue weighted by molar-refractivity contribution is 0.457. The molecule has 0 radical (unpaired) electrons. The maximum Gasteiger partial charge on any atom is 0.153 e. The van der Waals surface area contributed by atoms with Crippen molar-refractivity contribution in [3.63, 3.8) is 0 Å². The molecular formula is C16H20ClN3. The van der Waals surface area contributed by atoms with Crippen molar-refractivity contribution < 1.29 is 0 Å². The van der Waals surface area contributed by atoms with Gasteiger partial charge in [-0.2, -0.15) is 5.10 Å². The molecule has 1 aliphatic carbocycles. The monoisotopic (exact) mass is 289 g/mol. The molecule has 0 amide bonds. The van der Waals surface area contributed by atoms with E-state index in [2.05, 4.69) is 37.9 Å². The summed E-state index contributed by atoms with van der Waals surface area (Å²) in [5.74, 6) is 0.928. The van der Waals surface area contributed by atoms with Crippen LogP contribution in [0.2, 0.25) is 5.02 Å². The topological polar surface area (TPSA) is 54.7 Å². The Morgan fingerprint density at radius 3 is 2.30 bits per heavy atom. The fourth-order valence-electron chi connectivity index (χ4n) is 3.44. The van der Waals surface area contributed by atoms with Crippen molar-refractivity contribution in [1.82, 2.24) is 10.2 Å². The van der Waals surface area contributed by atoms with Crippen molar-refractivity contribution >= 4 is 17.4 Å². The summed E-state index contributed by atoms with van der Waals surface area (Å²) in [6.07, 6.45) is 0. The third-order valence-electron chi connectivity index (χ3n) is 5.27. The van der Waals surface area contributed by atoms with E-state index in [1.807, 2.05) is 24.3 Å². The summed E-state index contributed by atoms with van der Waals surface area (Å²) in [5.41, 5.74) is 9.55. The average Bonchev–Trinajstić information content (AvgIpc) is 2.65. The molecule has 106 valence electrons. The largest absolute Gasteiger partial charge is 0.382 e. The van der Waals surface area contributed by atoms with Gasteiger partial charge in [0.2, 0.25) is 0 Å². The highest BCUT2D eigenvalue weighted by atomic mass is 35.5. The van der Waals surface area contributed by atoms with Gasteiger partial charge >= 0.3 is 0 Å². The highest BCUT2D eigenvalue weighted by Gasteiger charge is 2.66. The summed E-state index contributed by atoms with van der Waals surface area (Å²) in [5, 5.41) is 8.07. The Labute approximate surface area is 124 Å². The minimum Gasteiger partial charge on any atom is -0.382 e. The molecule has 0 aliphatic heterocycles. The molecule has 1 aliphatic rings. The Balaban J connectivity index is 2.16. The van der Waals surface area contributed by atoms with Crippen LogP contribution in [-0.4, -0.2) is 10.2 Å². The van der Waals surface area contributed by atoms with Crippen molar-refractivity contribution in [3.05, 3.63) is 35.0 Å². The number of rotatable bonds is 2. The van der Waals surface area contributed by atoms with Gasteiger partial charge in [0.05, 0.1) is 0 Å². The first-order chi connectivity index (χ1) is 9.28. The van der Waals surface area contributed by atoms with Crippen LogP contribution >= 0.6 is 11.6 Å². The molecular weight excluding hydrogens is 270 g/mol. The highest BCUT2D eigenvalue weighted by molar-refractivity contribution is 6.33. The van der Waals surface area contributed by atoms with E-state index in [0.717, 1.165) is 16.8 Å².